The molecule has 2 aromatic heterocycles. The van der Waals surface area contributed by atoms with E-state index in [1.165, 1.54) is 0 Å². The van der Waals surface area contributed by atoms with Crippen LogP contribution in [0.1, 0.15) is 0 Å². The average Bonchev–Trinajstić information content (AvgIpc) is 2.77. The van der Waals surface area contributed by atoms with Crippen molar-refractivity contribution >= 4 is 23.2 Å². The number of methoxy groups -OCH3 is 1. The number of hydrogen-bond donors (Lipinski definition) is 1. The van der Waals surface area contributed by atoms with Crippen molar-refractivity contribution in [3.05, 3.63) is 41.6 Å². The first kappa shape index (κ1) is 11.8. The van der Waals surface area contributed by atoms with Crippen molar-refractivity contribution in [2.45, 2.75) is 0 Å². The Morgan fingerprint density at radius 1 is 1.21 bits per heavy atom. The van der Waals surface area contributed by atoms with Crippen LogP contribution in [-0.2, 0) is 0 Å². The Kier molecular flexibility index (Phi) is 2.76. The largest absolute Gasteiger partial charge is 0.495 e. The number of rotatable bonds is 2. The predicted molar refractivity (Wildman–Crippen MR) is 74.4 cm³/mol. The van der Waals surface area contributed by atoms with Crippen LogP contribution in [0.5, 0.6) is 5.75 Å². The maximum Gasteiger partial charge on any atom is 0.240 e. The molecule has 0 spiro atoms. The minimum Gasteiger partial charge on any atom is -0.495 e. The Bertz CT molecular complexity index is 753. The van der Waals surface area contributed by atoms with Crippen molar-refractivity contribution in [1.82, 2.24) is 14.6 Å². The summed E-state index contributed by atoms with van der Waals surface area (Å²) in [5.41, 5.74) is 8.22. The number of nitrogen functional groups attached to an aromatic ring is 1. The summed E-state index contributed by atoms with van der Waals surface area (Å²) in [7, 11) is 1.59. The lowest BCUT2D eigenvalue weighted by molar-refractivity contribution is 0.415. The number of nitrogens with two attached hydrogens (primary N) is 1. The highest BCUT2D eigenvalue weighted by Gasteiger charge is 2.06. The molecule has 0 aliphatic carbocycles. The van der Waals surface area contributed by atoms with Crippen LogP contribution in [0.2, 0.25) is 5.02 Å². The van der Waals surface area contributed by atoms with Crippen LogP contribution in [0.15, 0.2) is 36.5 Å². The highest BCUT2D eigenvalue weighted by atomic mass is 35.5. The van der Waals surface area contributed by atoms with E-state index < -0.39 is 0 Å². The summed E-state index contributed by atoms with van der Waals surface area (Å²) in [5, 5.41) is 4.65. The van der Waals surface area contributed by atoms with Gasteiger partial charge in [0.2, 0.25) is 5.95 Å². The summed E-state index contributed by atoms with van der Waals surface area (Å²) in [6, 6.07) is 9.42. The van der Waals surface area contributed by atoms with E-state index in [1.54, 1.807) is 11.6 Å². The van der Waals surface area contributed by atoms with Gasteiger partial charge >= 0.3 is 0 Å². The molecular weight excluding hydrogens is 264 g/mol. The first-order chi connectivity index (χ1) is 9.17. The van der Waals surface area contributed by atoms with Crippen molar-refractivity contribution in [2.75, 3.05) is 12.8 Å². The molecular formula is C13H11ClN4O. The van der Waals surface area contributed by atoms with Crippen LogP contribution in [0.25, 0.3) is 16.8 Å². The number of pyridine rings is 1. The molecule has 5 nitrogen and oxygen atoms in total. The zero-order valence-electron chi connectivity index (χ0n) is 10.2. The smallest absolute Gasteiger partial charge is 0.240 e. The Labute approximate surface area is 114 Å². The molecule has 0 amide bonds. The Morgan fingerprint density at radius 3 is 2.74 bits per heavy atom. The number of hydrogen-bond acceptors (Lipinski definition) is 4. The molecule has 96 valence electrons. The van der Waals surface area contributed by atoms with Gasteiger partial charge in [-0.2, -0.15) is 4.98 Å². The number of anilines is 1. The summed E-state index contributed by atoms with van der Waals surface area (Å²) in [6.07, 6.45) is 1.86. The van der Waals surface area contributed by atoms with Gasteiger partial charge in [0, 0.05) is 11.8 Å². The topological polar surface area (TPSA) is 65.4 Å². The summed E-state index contributed by atoms with van der Waals surface area (Å²) in [5.74, 6) is 0.904. The van der Waals surface area contributed by atoms with Crippen molar-refractivity contribution in [3.8, 4) is 16.9 Å². The molecule has 3 rings (SSSR count). The lowest BCUT2D eigenvalue weighted by atomic mass is 10.1. The fourth-order valence-electron chi connectivity index (χ4n) is 1.92. The van der Waals surface area contributed by atoms with Crippen LogP contribution in [0, 0.1) is 0 Å². The van der Waals surface area contributed by atoms with Gasteiger partial charge in [0.15, 0.2) is 5.65 Å². The Morgan fingerprint density at radius 2 is 2.00 bits per heavy atom. The summed E-state index contributed by atoms with van der Waals surface area (Å²) < 4.78 is 6.78. The van der Waals surface area contributed by atoms with Gasteiger partial charge < -0.3 is 10.5 Å². The van der Waals surface area contributed by atoms with Crippen LogP contribution in [-0.4, -0.2) is 21.7 Å². The zero-order chi connectivity index (χ0) is 13.4. The molecule has 3 aromatic rings. The second-order valence-electron chi connectivity index (χ2n) is 4.04. The van der Waals surface area contributed by atoms with E-state index >= 15 is 0 Å². The van der Waals surface area contributed by atoms with Gasteiger partial charge in [-0.15, -0.1) is 5.10 Å². The summed E-state index contributed by atoms with van der Waals surface area (Å²) in [4.78, 5) is 4.08. The molecule has 19 heavy (non-hydrogen) atoms. The molecule has 2 N–H and O–H groups in total. The average molecular weight is 275 g/mol. The predicted octanol–water partition coefficient (Wildman–Crippen LogP) is 2.64. The number of fused-ring (bicyclic) bond motifs is 1. The fraction of sp³-hybridized carbons (Fsp3) is 0.0769. The van der Waals surface area contributed by atoms with E-state index in [-0.39, 0.29) is 5.95 Å². The first-order valence-electron chi connectivity index (χ1n) is 5.63. The van der Waals surface area contributed by atoms with Crippen molar-refractivity contribution in [3.63, 3.8) is 0 Å². The van der Waals surface area contributed by atoms with Gasteiger partial charge in [0.05, 0.1) is 12.1 Å². The van der Waals surface area contributed by atoms with Gasteiger partial charge in [-0.05, 0) is 29.8 Å². The molecule has 0 bridgehead atoms. The number of ether oxygens (including phenoxy) is 1. The van der Waals surface area contributed by atoms with E-state index in [0.717, 1.165) is 11.1 Å². The third kappa shape index (κ3) is 2.08. The van der Waals surface area contributed by atoms with Crippen molar-refractivity contribution in [2.24, 2.45) is 0 Å². The van der Waals surface area contributed by atoms with Crippen molar-refractivity contribution in [1.29, 1.82) is 0 Å². The Hall–Kier alpha value is -2.27. The van der Waals surface area contributed by atoms with E-state index in [1.807, 2.05) is 36.5 Å². The maximum atomic E-state index is 6.12. The Balaban J connectivity index is 2.10. The molecule has 0 saturated heterocycles. The molecule has 0 saturated carbocycles. The maximum absolute atomic E-state index is 6.12. The molecule has 0 radical (unpaired) electrons. The number of aromatic nitrogens is 3. The normalized spacial score (nSPS) is 10.8. The molecule has 0 fully saturated rings. The monoisotopic (exact) mass is 274 g/mol. The van der Waals surface area contributed by atoms with E-state index in [9.17, 15) is 0 Å². The quantitative estimate of drug-likeness (QED) is 0.780. The fourth-order valence-corrected chi connectivity index (χ4v) is 2.17. The third-order valence-electron chi connectivity index (χ3n) is 2.83. The van der Waals surface area contributed by atoms with Gasteiger partial charge in [0.25, 0.3) is 0 Å². The van der Waals surface area contributed by atoms with Crippen LogP contribution >= 0.6 is 11.6 Å². The van der Waals surface area contributed by atoms with Gasteiger partial charge in [-0.3, -0.25) is 0 Å². The second-order valence-corrected chi connectivity index (χ2v) is 4.45. The van der Waals surface area contributed by atoms with Gasteiger partial charge in [-0.25, -0.2) is 4.52 Å². The second kappa shape index (κ2) is 4.44. The molecule has 0 atom stereocenters. The van der Waals surface area contributed by atoms with Crippen LogP contribution in [0.4, 0.5) is 5.95 Å². The molecule has 2 heterocycles. The highest BCUT2D eigenvalue weighted by Crippen LogP contribution is 2.30. The summed E-state index contributed by atoms with van der Waals surface area (Å²) in [6.45, 7) is 0. The molecule has 0 aliphatic rings. The molecule has 0 aliphatic heterocycles. The van der Waals surface area contributed by atoms with Gasteiger partial charge in [-0.1, -0.05) is 17.7 Å². The van der Waals surface area contributed by atoms with Crippen LogP contribution in [0.3, 0.4) is 0 Å². The standard InChI is InChI=1S/C13H11ClN4O/c1-19-11-4-2-8(6-10(11)14)9-3-5-12-16-13(15)17-18(12)7-9/h2-7H,1H3,(H2,15,17). The highest BCUT2D eigenvalue weighted by molar-refractivity contribution is 6.32. The molecule has 6 heteroatoms. The number of nitrogens with zero attached hydrogens (tertiary/aromatic N) is 3. The van der Waals surface area contributed by atoms with E-state index in [4.69, 9.17) is 22.1 Å². The molecule has 0 unspecified atom stereocenters. The van der Waals surface area contributed by atoms with E-state index in [2.05, 4.69) is 10.1 Å². The third-order valence-corrected chi connectivity index (χ3v) is 3.13. The minimum atomic E-state index is 0.255. The lowest BCUT2D eigenvalue weighted by Crippen LogP contribution is -1.91. The molecule has 1 aromatic carbocycles. The minimum absolute atomic E-state index is 0.255. The lowest BCUT2D eigenvalue weighted by Gasteiger charge is -2.06. The summed E-state index contributed by atoms with van der Waals surface area (Å²) >= 11 is 6.12. The van der Waals surface area contributed by atoms with E-state index in [0.29, 0.717) is 16.4 Å². The first-order valence-corrected chi connectivity index (χ1v) is 6.01. The zero-order valence-corrected chi connectivity index (χ0v) is 10.9. The van der Waals surface area contributed by atoms with Crippen LogP contribution < -0.4 is 10.5 Å². The SMILES string of the molecule is COc1ccc(-c2ccc3nc(N)nn3c2)cc1Cl. The van der Waals surface area contributed by atoms with Gasteiger partial charge in [0.1, 0.15) is 5.75 Å². The van der Waals surface area contributed by atoms with Crippen molar-refractivity contribution < 1.29 is 4.74 Å². The number of benzene rings is 1. The number of halogens is 1.